The predicted molar refractivity (Wildman–Crippen MR) is 51.8 cm³/mol. The lowest BCUT2D eigenvalue weighted by molar-refractivity contribution is 0.180. The number of aliphatic hydroxyl groups excluding tert-OH is 1. The van der Waals surface area contributed by atoms with Gasteiger partial charge in [0.25, 0.3) is 0 Å². The predicted octanol–water partition coefficient (Wildman–Crippen LogP) is 3.04. The van der Waals surface area contributed by atoms with Crippen molar-refractivity contribution in [3.63, 3.8) is 0 Å². The van der Waals surface area contributed by atoms with Crippen LogP contribution in [0.5, 0.6) is 0 Å². The van der Waals surface area contributed by atoms with Crippen LogP contribution in [0.25, 0.3) is 0 Å². The number of hydrogen-bond acceptors (Lipinski definition) is 1. The zero-order chi connectivity index (χ0) is 7.98. The highest BCUT2D eigenvalue weighted by molar-refractivity contribution is 9.24. The van der Waals surface area contributed by atoms with Gasteiger partial charge in [-0.2, -0.15) is 0 Å². The first-order valence-electron chi connectivity index (χ1n) is 3.64. The van der Waals surface area contributed by atoms with Gasteiger partial charge in [-0.05, 0) is 6.42 Å². The van der Waals surface area contributed by atoms with E-state index >= 15 is 0 Å². The van der Waals surface area contributed by atoms with Crippen LogP contribution in [0.2, 0.25) is 0 Å². The number of hydrogen-bond donors (Lipinski definition) is 1. The molecule has 1 N–H and O–H groups in total. The molecule has 0 aliphatic rings. The lowest BCUT2D eigenvalue weighted by Gasteiger charge is -2.10. The summed E-state index contributed by atoms with van der Waals surface area (Å²) in [7, 11) is 0. The standard InChI is InChI=1S/C7H14Br2O/c1-2-3-4-5-6(10)7(8)9/h6-7,10H,2-5H2,1H3. The second-order valence-electron chi connectivity index (χ2n) is 2.40. The lowest BCUT2D eigenvalue weighted by atomic mass is 10.1. The zero-order valence-electron chi connectivity index (χ0n) is 6.19. The lowest BCUT2D eigenvalue weighted by Crippen LogP contribution is -2.13. The third-order valence-corrected chi connectivity index (χ3v) is 2.61. The molecule has 1 unspecified atom stereocenters. The molecule has 0 aliphatic carbocycles. The normalized spacial score (nSPS) is 14.1. The van der Waals surface area contributed by atoms with E-state index < -0.39 is 0 Å². The largest absolute Gasteiger partial charge is 0.391 e. The molecule has 0 bridgehead atoms. The van der Waals surface area contributed by atoms with Crippen molar-refractivity contribution in [2.24, 2.45) is 0 Å². The molecule has 0 radical (unpaired) electrons. The maximum absolute atomic E-state index is 9.26. The number of unbranched alkanes of at least 4 members (excludes halogenated alkanes) is 2. The fourth-order valence-electron chi connectivity index (χ4n) is 0.729. The summed E-state index contributed by atoms with van der Waals surface area (Å²) in [5, 5.41) is 9.26. The van der Waals surface area contributed by atoms with Crippen molar-refractivity contribution in [1.82, 2.24) is 0 Å². The van der Waals surface area contributed by atoms with Crippen LogP contribution in [-0.4, -0.2) is 14.9 Å². The van der Waals surface area contributed by atoms with Crippen LogP contribution >= 0.6 is 31.9 Å². The van der Waals surface area contributed by atoms with E-state index in [0.29, 0.717) is 0 Å². The number of alkyl halides is 2. The molecule has 0 spiro atoms. The van der Waals surface area contributed by atoms with E-state index in [1.165, 1.54) is 12.8 Å². The first-order chi connectivity index (χ1) is 4.68. The van der Waals surface area contributed by atoms with Gasteiger partial charge < -0.3 is 5.11 Å². The molecule has 0 aromatic rings. The summed E-state index contributed by atoms with van der Waals surface area (Å²) < 4.78 is 0.0526. The third-order valence-electron chi connectivity index (χ3n) is 1.39. The minimum absolute atomic E-state index is 0.0526. The molecule has 0 fully saturated rings. The Morgan fingerprint density at radius 3 is 2.30 bits per heavy atom. The average Bonchev–Trinajstić information content (AvgIpc) is 1.88. The van der Waals surface area contributed by atoms with Crippen LogP contribution in [-0.2, 0) is 0 Å². The third kappa shape index (κ3) is 5.69. The van der Waals surface area contributed by atoms with Gasteiger partial charge in [0.05, 0.1) is 9.84 Å². The minimum atomic E-state index is -0.244. The summed E-state index contributed by atoms with van der Waals surface area (Å²) >= 11 is 6.52. The summed E-state index contributed by atoms with van der Waals surface area (Å²) in [5.41, 5.74) is 0. The number of halogens is 2. The van der Waals surface area contributed by atoms with Crippen LogP contribution in [0.3, 0.4) is 0 Å². The maximum Gasteiger partial charge on any atom is 0.0956 e. The van der Waals surface area contributed by atoms with Gasteiger partial charge in [0.15, 0.2) is 0 Å². The monoisotopic (exact) mass is 272 g/mol. The molecule has 1 nitrogen and oxygen atoms in total. The van der Waals surface area contributed by atoms with Crippen LogP contribution < -0.4 is 0 Å². The molecule has 0 heterocycles. The van der Waals surface area contributed by atoms with E-state index in [4.69, 9.17) is 0 Å². The first-order valence-corrected chi connectivity index (χ1v) is 5.47. The van der Waals surface area contributed by atoms with Gasteiger partial charge in [-0.3, -0.25) is 0 Å². The molecule has 62 valence electrons. The van der Waals surface area contributed by atoms with Crippen molar-refractivity contribution in [2.75, 3.05) is 0 Å². The van der Waals surface area contributed by atoms with Crippen molar-refractivity contribution in [3.8, 4) is 0 Å². The van der Waals surface area contributed by atoms with Gasteiger partial charge in [-0.15, -0.1) is 0 Å². The van der Waals surface area contributed by atoms with Crippen molar-refractivity contribution < 1.29 is 5.11 Å². The Bertz CT molecular complexity index is 76.0. The summed E-state index contributed by atoms with van der Waals surface area (Å²) in [6.07, 6.45) is 4.18. The van der Waals surface area contributed by atoms with E-state index in [1.807, 2.05) is 0 Å². The van der Waals surface area contributed by atoms with Crippen LogP contribution in [0.15, 0.2) is 0 Å². The molecule has 0 saturated carbocycles. The van der Waals surface area contributed by atoms with Crippen LogP contribution in [0, 0.1) is 0 Å². The van der Waals surface area contributed by atoms with E-state index in [2.05, 4.69) is 38.8 Å². The van der Waals surface area contributed by atoms with Gasteiger partial charge >= 0.3 is 0 Å². The van der Waals surface area contributed by atoms with Gasteiger partial charge in [0.1, 0.15) is 0 Å². The highest BCUT2D eigenvalue weighted by Crippen LogP contribution is 2.17. The molecule has 0 saturated heterocycles. The van der Waals surface area contributed by atoms with Crippen LogP contribution in [0.1, 0.15) is 32.6 Å². The average molecular weight is 274 g/mol. The number of aliphatic hydroxyl groups is 1. The highest BCUT2D eigenvalue weighted by atomic mass is 79.9. The van der Waals surface area contributed by atoms with E-state index in [0.717, 1.165) is 12.8 Å². The Kier molecular flexibility index (Phi) is 7.23. The summed E-state index contributed by atoms with van der Waals surface area (Å²) in [6.45, 7) is 2.16. The fraction of sp³-hybridized carbons (Fsp3) is 1.00. The van der Waals surface area contributed by atoms with E-state index in [1.54, 1.807) is 0 Å². The fourth-order valence-corrected chi connectivity index (χ4v) is 1.26. The smallest absolute Gasteiger partial charge is 0.0956 e. The molecular formula is C7H14Br2O. The Hall–Kier alpha value is 0.920. The van der Waals surface area contributed by atoms with Gasteiger partial charge in [-0.1, -0.05) is 58.0 Å². The van der Waals surface area contributed by atoms with Crippen molar-refractivity contribution in [3.05, 3.63) is 0 Å². The molecule has 1 atom stereocenters. The quantitative estimate of drug-likeness (QED) is 0.603. The van der Waals surface area contributed by atoms with Gasteiger partial charge in [-0.25, -0.2) is 0 Å². The number of rotatable bonds is 5. The van der Waals surface area contributed by atoms with Crippen LogP contribution in [0.4, 0.5) is 0 Å². The molecule has 0 aromatic carbocycles. The zero-order valence-corrected chi connectivity index (χ0v) is 9.36. The van der Waals surface area contributed by atoms with E-state index in [9.17, 15) is 5.11 Å². The Balaban J connectivity index is 3.13. The van der Waals surface area contributed by atoms with Crippen molar-refractivity contribution in [1.29, 1.82) is 0 Å². The molecule has 10 heavy (non-hydrogen) atoms. The van der Waals surface area contributed by atoms with Gasteiger partial charge in [0.2, 0.25) is 0 Å². The topological polar surface area (TPSA) is 20.2 Å². The Labute approximate surface area is 79.5 Å². The Morgan fingerprint density at radius 1 is 1.30 bits per heavy atom. The molecule has 0 aromatic heterocycles. The molecule has 3 heteroatoms. The van der Waals surface area contributed by atoms with Crippen molar-refractivity contribution >= 4 is 31.9 Å². The summed E-state index contributed by atoms with van der Waals surface area (Å²) in [5.74, 6) is 0. The second kappa shape index (κ2) is 6.62. The van der Waals surface area contributed by atoms with Crippen molar-refractivity contribution in [2.45, 2.75) is 42.4 Å². The highest BCUT2D eigenvalue weighted by Gasteiger charge is 2.10. The molecule has 0 aliphatic heterocycles. The van der Waals surface area contributed by atoms with E-state index in [-0.39, 0.29) is 9.84 Å². The summed E-state index contributed by atoms with van der Waals surface area (Å²) in [4.78, 5) is 0. The molecule has 0 rings (SSSR count). The minimum Gasteiger partial charge on any atom is -0.391 e. The SMILES string of the molecule is CCCCCC(O)C(Br)Br. The Morgan fingerprint density at radius 2 is 1.90 bits per heavy atom. The summed E-state index contributed by atoms with van der Waals surface area (Å²) in [6, 6.07) is 0. The van der Waals surface area contributed by atoms with Gasteiger partial charge in [0, 0.05) is 0 Å². The molecular weight excluding hydrogens is 260 g/mol. The molecule has 0 amide bonds. The maximum atomic E-state index is 9.26. The second-order valence-corrected chi connectivity index (χ2v) is 5.60. The first kappa shape index (κ1) is 10.9.